The molecule has 1 aromatic carbocycles. The van der Waals surface area contributed by atoms with Crippen LogP contribution in [0.25, 0.3) is 0 Å². The first-order valence-electron chi connectivity index (χ1n) is 4.90. The Labute approximate surface area is 92.5 Å². The van der Waals surface area contributed by atoms with Crippen LogP contribution in [0.2, 0.25) is 0 Å². The fourth-order valence-corrected chi connectivity index (χ4v) is 1.43. The molecule has 0 heterocycles. The number of benzene rings is 1. The van der Waals surface area contributed by atoms with Crippen LogP contribution in [0, 0.1) is 5.82 Å². The van der Waals surface area contributed by atoms with E-state index in [1.54, 1.807) is 0 Å². The van der Waals surface area contributed by atoms with Gasteiger partial charge < -0.3 is 15.9 Å². The molecular weight excluding hydrogens is 213 g/mol. The second-order valence-corrected chi connectivity index (χ2v) is 3.53. The minimum atomic E-state index is -1.24. The van der Waals surface area contributed by atoms with Gasteiger partial charge in [-0.2, -0.15) is 0 Å². The molecule has 0 fully saturated rings. The van der Waals surface area contributed by atoms with E-state index in [1.807, 2.05) is 0 Å². The Morgan fingerprint density at radius 3 is 2.62 bits per heavy atom. The van der Waals surface area contributed by atoms with Crippen molar-refractivity contribution in [2.24, 2.45) is 5.73 Å². The molecule has 88 valence electrons. The number of hydrogen-bond donors (Lipinski definition) is 3. The highest BCUT2D eigenvalue weighted by Gasteiger charge is 2.18. The number of aliphatic hydroxyl groups is 2. The summed E-state index contributed by atoms with van der Waals surface area (Å²) in [5.41, 5.74) is 5.52. The zero-order valence-electron chi connectivity index (χ0n) is 8.64. The summed E-state index contributed by atoms with van der Waals surface area (Å²) < 4.78 is 13.0. The molecule has 0 aliphatic rings. The third kappa shape index (κ3) is 3.10. The number of carbonyl (C=O) groups is 1. The van der Waals surface area contributed by atoms with Gasteiger partial charge >= 0.3 is 0 Å². The number of carbonyl (C=O) groups excluding carboxylic acids is 1. The summed E-state index contributed by atoms with van der Waals surface area (Å²) >= 11 is 0. The second kappa shape index (κ2) is 5.69. The predicted octanol–water partition coefficient (Wildman–Crippen LogP) is 0.381. The standard InChI is InChI=1S/C11H14FNO3/c12-9-4-7(6-14)3-8(5-9)11(16)10(15)1-2-13/h3-6,10-11,15-16H,1-2,13H2. The second-order valence-electron chi connectivity index (χ2n) is 3.53. The van der Waals surface area contributed by atoms with Crippen molar-refractivity contribution >= 4 is 6.29 Å². The summed E-state index contributed by atoms with van der Waals surface area (Å²) in [6.45, 7) is 0.216. The van der Waals surface area contributed by atoms with E-state index in [2.05, 4.69) is 0 Å². The van der Waals surface area contributed by atoms with Crippen molar-refractivity contribution in [1.29, 1.82) is 0 Å². The molecule has 0 aliphatic carbocycles. The van der Waals surface area contributed by atoms with Gasteiger partial charge in [-0.1, -0.05) is 0 Å². The Morgan fingerprint density at radius 2 is 2.06 bits per heavy atom. The van der Waals surface area contributed by atoms with Gasteiger partial charge in [0.25, 0.3) is 0 Å². The van der Waals surface area contributed by atoms with Crippen molar-refractivity contribution in [3.63, 3.8) is 0 Å². The van der Waals surface area contributed by atoms with E-state index in [0.29, 0.717) is 6.29 Å². The van der Waals surface area contributed by atoms with Gasteiger partial charge in [-0.3, -0.25) is 4.79 Å². The molecule has 0 bridgehead atoms. The van der Waals surface area contributed by atoms with Gasteiger partial charge in [0.2, 0.25) is 0 Å². The Hall–Kier alpha value is -1.30. The lowest BCUT2D eigenvalue weighted by Crippen LogP contribution is -2.22. The molecule has 1 rings (SSSR count). The van der Waals surface area contributed by atoms with E-state index in [1.165, 1.54) is 6.07 Å². The number of aliphatic hydroxyl groups excluding tert-OH is 2. The van der Waals surface area contributed by atoms with Crippen LogP contribution in [0.4, 0.5) is 4.39 Å². The van der Waals surface area contributed by atoms with E-state index in [0.717, 1.165) is 12.1 Å². The van der Waals surface area contributed by atoms with E-state index >= 15 is 0 Å². The highest BCUT2D eigenvalue weighted by Crippen LogP contribution is 2.20. The Bertz CT molecular complexity index is 370. The van der Waals surface area contributed by atoms with Crippen molar-refractivity contribution in [3.05, 3.63) is 35.1 Å². The zero-order valence-corrected chi connectivity index (χ0v) is 8.64. The minimum Gasteiger partial charge on any atom is -0.390 e. The summed E-state index contributed by atoms with van der Waals surface area (Å²) in [5, 5.41) is 19.2. The molecule has 5 heteroatoms. The number of nitrogens with two attached hydrogens (primary N) is 1. The third-order valence-corrected chi connectivity index (χ3v) is 2.25. The zero-order chi connectivity index (χ0) is 12.1. The fraction of sp³-hybridized carbons (Fsp3) is 0.364. The number of rotatable bonds is 5. The lowest BCUT2D eigenvalue weighted by molar-refractivity contribution is 0.0148. The maximum Gasteiger partial charge on any atom is 0.150 e. The molecule has 4 nitrogen and oxygen atoms in total. The van der Waals surface area contributed by atoms with Gasteiger partial charge in [0.15, 0.2) is 0 Å². The average molecular weight is 227 g/mol. The number of hydrogen-bond acceptors (Lipinski definition) is 4. The summed E-state index contributed by atoms with van der Waals surface area (Å²) in [5.74, 6) is -0.626. The van der Waals surface area contributed by atoms with E-state index < -0.39 is 18.0 Å². The minimum absolute atomic E-state index is 0.119. The van der Waals surface area contributed by atoms with Crippen LogP contribution in [0.15, 0.2) is 18.2 Å². The van der Waals surface area contributed by atoms with Gasteiger partial charge in [0.05, 0.1) is 6.10 Å². The normalized spacial score (nSPS) is 14.5. The van der Waals surface area contributed by atoms with Crippen molar-refractivity contribution in [3.8, 4) is 0 Å². The van der Waals surface area contributed by atoms with Crippen LogP contribution < -0.4 is 5.73 Å². The molecule has 0 saturated carbocycles. The quantitative estimate of drug-likeness (QED) is 0.635. The molecule has 0 saturated heterocycles. The van der Waals surface area contributed by atoms with Gasteiger partial charge in [0.1, 0.15) is 18.2 Å². The molecule has 2 unspecified atom stereocenters. The van der Waals surface area contributed by atoms with Gasteiger partial charge in [0, 0.05) is 5.56 Å². The molecule has 0 aliphatic heterocycles. The Balaban J connectivity index is 2.93. The van der Waals surface area contributed by atoms with Crippen molar-refractivity contribution in [1.82, 2.24) is 0 Å². The summed E-state index contributed by atoms with van der Waals surface area (Å²) in [6.07, 6.45) is -1.62. The van der Waals surface area contributed by atoms with E-state index in [-0.39, 0.29) is 24.1 Å². The highest BCUT2D eigenvalue weighted by molar-refractivity contribution is 5.75. The van der Waals surface area contributed by atoms with E-state index in [4.69, 9.17) is 5.73 Å². The summed E-state index contributed by atoms with van der Waals surface area (Å²) in [6, 6.07) is 3.47. The first-order chi connectivity index (χ1) is 7.58. The van der Waals surface area contributed by atoms with Crippen molar-refractivity contribution in [2.75, 3.05) is 6.54 Å². The molecule has 2 atom stereocenters. The predicted molar refractivity (Wildman–Crippen MR) is 56.4 cm³/mol. The monoisotopic (exact) mass is 227 g/mol. The topological polar surface area (TPSA) is 83.6 Å². The highest BCUT2D eigenvalue weighted by atomic mass is 19.1. The van der Waals surface area contributed by atoms with Crippen LogP contribution in [0.1, 0.15) is 28.4 Å². The lowest BCUT2D eigenvalue weighted by atomic mass is 10.0. The molecular formula is C11H14FNO3. The molecule has 0 amide bonds. The first kappa shape index (κ1) is 12.8. The van der Waals surface area contributed by atoms with Crippen LogP contribution in [0.5, 0.6) is 0 Å². The van der Waals surface area contributed by atoms with Crippen molar-refractivity contribution < 1.29 is 19.4 Å². The maximum absolute atomic E-state index is 13.0. The molecule has 0 aromatic heterocycles. The Kier molecular flexibility index (Phi) is 4.54. The van der Waals surface area contributed by atoms with Crippen LogP contribution in [0.3, 0.4) is 0 Å². The molecule has 0 radical (unpaired) electrons. The number of halogens is 1. The molecule has 16 heavy (non-hydrogen) atoms. The van der Waals surface area contributed by atoms with Crippen LogP contribution >= 0.6 is 0 Å². The van der Waals surface area contributed by atoms with Crippen LogP contribution in [-0.4, -0.2) is 29.1 Å². The summed E-state index contributed by atoms with van der Waals surface area (Å²) in [7, 11) is 0. The maximum atomic E-state index is 13.0. The van der Waals surface area contributed by atoms with Crippen LogP contribution in [-0.2, 0) is 0 Å². The molecule has 0 spiro atoms. The smallest absolute Gasteiger partial charge is 0.150 e. The van der Waals surface area contributed by atoms with Gasteiger partial charge in [-0.25, -0.2) is 4.39 Å². The molecule has 4 N–H and O–H groups in total. The lowest BCUT2D eigenvalue weighted by Gasteiger charge is -2.17. The average Bonchev–Trinajstić information content (AvgIpc) is 2.27. The van der Waals surface area contributed by atoms with Gasteiger partial charge in [-0.15, -0.1) is 0 Å². The first-order valence-corrected chi connectivity index (χ1v) is 4.90. The molecule has 1 aromatic rings. The summed E-state index contributed by atoms with van der Waals surface area (Å²) in [4.78, 5) is 10.5. The van der Waals surface area contributed by atoms with Gasteiger partial charge in [-0.05, 0) is 36.7 Å². The number of aldehydes is 1. The Morgan fingerprint density at radius 1 is 1.38 bits per heavy atom. The van der Waals surface area contributed by atoms with E-state index in [9.17, 15) is 19.4 Å². The SMILES string of the molecule is NCCC(O)C(O)c1cc(F)cc(C=O)c1. The fourth-order valence-electron chi connectivity index (χ4n) is 1.43. The third-order valence-electron chi connectivity index (χ3n) is 2.25. The van der Waals surface area contributed by atoms with Crippen molar-refractivity contribution in [2.45, 2.75) is 18.6 Å². The largest absolute Gasteiger partial charge is 0.390 e.